The Labute approximate surface area is 137 Å². The summed E-state index contributed by atoms with van der Waals surface area (Å²) >= 11 is 0. The van der Waals surface area contributed by atoms with Gasteiger partial charge in [0.25, 0.3) is 0 Å². The second kappa shape index (κ2) is 6.33. The molecular weight excluding hydrogens is 347 g/mol. The molecule has 5 nitrogen and oxygen atoms in total. The monoisotopic (exact) mass is 361 g/mol. The van der Waals surface area contributed by atoms with Gasteiger partial charge in [0.05, 0.1) is 4.90 Å². The molecule has 0 bridgehead atoms. The van der Waals surface area contributed by atoms with Crippen LogP contribution < -0.4 is 4.74 Å². The molecule has 130 valence electrons. The Bertz CT molecular complexity index is 848. The fourth-order valence-corrected chi connectivity index (χ4v) is 3.17. The van der Waals surface area contributed by atoms with Crippen LogP contribution in [0.1, 0.15) is 0 Å². The first-order chi connectivity index (χ1) is 11.0. The molecular formula is C15H14F3NO4S. The number of nitrogens with zero attached hydrogens (tertiary/aromatic N) is 1. The first-order valence-corrected chi connectivity index (χ1v) is 8.06. The second-order valence-corrected chi connectivity index (χ2v) is 7.17. The lowest BCUT2D eigenvalue weighted by atomic mass is 10.1. The average molecular weight is 361 g/mol. The van der Waals surface area contributed by atoms with Crippen LogP contribution in [0.15, 0.2) is 47.4 Å². The Morgan fingerprint density at radius 1 is 1.08 bits per heavy atom. The quantitative estimate of drug-likeness (QED) is 0.908. The molecule has 2 aromatic rings. The zero-order valence-electron chi connectivity index (χ0n) is 12.7. The maximum absolute atomic E-state index is 12.4. The molecule has 2 aromatic carbocycles. The van der Waals surface area contributed by atoms with E-state index in [2.05, 4.69) is 4.74 Å². The van der Waals surface area contributed by atoms with E-state index in [-0.39, 0.29) is 16.0 Å². The molecule has 2 rings (SSSR count). The van der Waals surface area contributed by atoms with Crippen LogP contribution in [0.2, 0.25) is 0 Å². The summed E-state index contributed by atoms with van der Waals surface area (Å²) in [7, 11) is -1.15. The van der Waals surface area contributed by atoms with Gasteiger partial charge in [0, 0.05) is 25.7 Å². The van der Waals surface area contributed by atoms with Crippen LogP contribution in [0, 0.1) is 0 Å². The predicted octanol–water partition coefficient (Wildman–Crippen LogP) is 3.21. The minimum atomic E-state index is -4.93. The Kier molecular flexibility index (Phi) is 4.77. The molecule has 0 fully saturated rings. The van der Waals surface area contributed by atoms with E-state index in [9.17, 15) is 26.7 Å². The molecule has 0 saturated heterocycles. The highest BCUT2D eigenvalue weighted by Gasteiger charge is 2.31. The third-order valence-electron chi connectivity index (χ3n) is 3.08. The van der Waals surface area contributed by atoms with E-state index in [1.165, 1.54) is 32.3 Å². The minimum absolute atomic E-state index is 0.0790. The van der Waals surface area contributed by atoms with Crippen LogP contribution in [-0.2, 0) is 10.0 Å². The topological polar surface area (TPSA) is 66.8 Å². The number of ether oxygens (including phenoxy) is 1. The maximum atomic E-state index is 12.4. The molecule has 0 unspecified atom stereocenters. The fourth-order valence-electron chi connectivity index (χ4n) is 2.06. The highest BCUT2D eigenvalue weighted by Crippen LogP contribution is 2.35. The van der Waals surface area contributed by atoms with E-state index < -0.39 is 27.9 Å². The first-order valence-electron chi connectivity index (χ1n) is 6.62. The molecule has 0 aromatic heterocycles. The van der Waals surface area contributed by atoms with Crippen molar-refractivity contribution in [3.63, 3.8) is 0 Å². The number of phenols is 1. The lowest BCUT2D eigenvalue weighted by Crippen LogP contribution is -2.22. The van der Waals surface area contributed by atoms with Crippen molar-refractivity contribution in [1.29, 1.82) is 0 Å². The molecule has 0 heterocycles. The molecule has 0 aliphatic rings. The van der Waals surface area contributed by atoms with E-state index in [1.807, 2.05) is 0 Å². The number of rotatable bonds is 4. The van der Waals surface area contributed by atoms with Gasteiger partial charge in [0.1, 0.15) is 11.5 Å². The predicted molar refractivity (Wildman–Crippen MR) is 81.1 cm³/mol. The summed E-state index contributed by atoms with van der Waals surface area (Å²) in [6.07, 6.45) is -4.93. The second-order valence-electron chi connectivity index (χ2n) is 5.05. The van der Waals surface area contributed by atoms with Gasteiger partial charge in [0.2, 0.25) is 10.0 Å². The molecule has 0 spiro atoms. The third kappa shape index (κ3) is 3.98. The molecule has 0 saturated carbocycles. The SMILES string of the molecule is CN(C)S(=O)(=O)c1ccccc1-c1cc(O)cc(OC(F)(F)F)c1. The van der Waals surface area contributed by atoms with E-state index in [0.29, 0.717) is 0 Å². The number of aromatic hydroxyl groups is 1. The van der Waals surface area contributed by atoms with E-state index in [0.717, 1.165) is 22.5 Å². The molecule has 0 atom stereocenters. The van der Waals surface area contributed by atoms with Gasteiger partial charge in [-0.1, -0.05) is 18.2 Å². The number of alkyl halides is 3. The van der Waals surface area contributed by atoms with Crippen molar-refractivity contribution in [3.05, 3.63) is 42.5 Å². The fraction of sp³-hybridized carbons (Fsp3) is 0.200. The maximum Gasteiger partial charge on any atom is 0.573 e. The molecule has 9 heteroatoms. The summed E-state index contributed by atoms with van der Waals surface area (Å²) in [5.41, 5.74) is 0.226. The van der Waals surface area contributed by atoms with Crippen LogP contribution in [0.3, 0.4) is 0 Å². The Morgan fingerprint density at radius 3 is 2.29 bits per heavy atom. The summed E-state index contributed by atoms with van der Waals surface area (Å²) in [6, 6.07) is 8.76. The van der Waals surface area contributed by atoms with Gasteiger partial charge < -0.3 is 9.84 Å². The summed E-state index contributed by atoms with van der Waals surface area (Å²) in [5.74, 6) is -1.13. The van der Waals surface area contributed by atoms with Gasteiger partial charge in [0.15, 0.2) is 0 Å². The van der Waals surface area contributed by atoms with Crippen molar-refractivity contribution < 1.29 is 31.4 Å². The molecule has 0 aliphatic carbocycles. The molecule has 1 N–H and O–H groups in total. The summed E-state index contributed by atoms with van der Waals surface area (Å²) in [6.45, 7) is 0. The van der Waals surface area contributed by atoms with Crippen LogP contribution in [0.25, 0.3) is 11.1 Å². The minimum Gasteiger partial charge on any atom is -0.508 e. The Balaban J connectivity index is 2.62. The Hall–Kier alpha value is -2.26. The first kappa shape index (κ1) is 18.1. The van der Waals surface area contributed by atoms with Crippen molar-refractivity contribution >= 4 is 10.0 Å². The summed E-state index contributed by atoms with van der Waals surface area (Å²) in [5, 5.41) is 9.65. The lowest BCUT2D eigenvalue weighted by Gasteiger charge is -2.16. The van der Waals surface area contributed by atoms with Crippen molar-refractivity contribution in [2.75, 3.05) is 14.1 Å². The number of hydrogen-bond acceptors (Lipinski definition) is 4. The van der Waals surface area contributed by atoms with Gasteiger partial charge in [-0.15, -0.1) is 13.2 Å². The van der Waals surface area contributed by atoms with Gasteiger partial charge >= 0.3 is 6.36 Å². The number of phenolic OH excluding ortho intramolecular Hbond substituents is 1. The normalized spacial score (nSPS) is 12.4. The van der Waals surface area contributed by atoms with Crippen molar-refractivity contribution in [2.45, 2.75) is 11.3 Å². The van der Waals surface area contributed by atoms with E-state index in [1.54, 1.807) is 6.07 Å². The van der Waals surface area contributed by atoms with Gasteiger partial charge in [-0.25, -0.2) is 12.7 Å². The number of halogens is 3. The summed E-state index contributed by atoms with van der Waals surface area (Å²) < 4.78 is 66.7. The molecule has 0 amide bonds. The van der Waals surface area contributed by atoms with E-state index >= 15 is 0 Å². The average Bonchev–Trinajstić information content (AvgIpc) is 2.44. The van der Waals surface area contributed by atoms with E-state index in [4.69, 9.17) is 0 Å². The largest absolute Gasteiger partial charge is 0.573 e. The zero-order chi connectivity index (χ0) is 18.1. The zero-order valence-corrected chi connectivity index (χ0v) is 13.5. The van der Waals surface area contributed by atoms with Crippen molar-refractivity contribution in [2.24, 2.45) is 0 Å². The number of hydrogen-bond donors (Lipinski definition) is 1. The molecule has 0 radical (unpaired) electrons. The van der Waals surface area contributed by atoms with Crippen molar-refractivity contribution in [3.8, 4) is 22.6 Å². The van der Waals surface area contributed by atoms with Crippen LogP contribution in [0.4, 0.5) is 13.2 Å². The summed E-state index contributed by atoms with van der Waals surface area (Å²) in [4.78, 5) is -0.0986. The van der Waals surface area contributed by atoms with Crippen LogP contribution >= 0.6 is 0 Å². The number of benzene rings is 2. The molecule has 0 aliphatic heterocycles. The standard InChI is InChI=1S/C15H14F3NO4S/c1-19(2)24(21,22)14-6-4-3-5-13(14)10-7-11(20)9-12(8-10)23-15(16,17)18/h3-9,20H,1-2H3. The van der Waals surface area contributed by atoms with Gasteiger partial charge in [-0.3, -0.25) is 0 Å². The lowest BCUT2D eigenvalue weighted by molar-refractivity contribution is -0.274. The third-order valence-corrected chi connectivity index (χ3v) is 4.95. The number of sulfonamides is 1. The van der Waals surface area contributed by atoms with Gasteiger partial charge in [-0.2, -0.15) is 0 Å². The highest BCUT2D eigenvalue weighted by molar-refractivity contribution is 7.89. The van der Waals surface area contributed by atoms with Crippen molar-refractivity contribution in [1.82, 2.24) is 4.31 Å². The molecule has 24 heavy (non-hydrogen) atoms. The van der Waals surface area contributed by atoms with Crippen LogP contribution in [-0.4, -0.2) is 38.3 Å². The van der Waals surface area contributed by atoms with Crippen LogP contribution in [0.5, 0.6) is 11.5 Å². The smallest absolute Gasteiger partial charge is 0.508 e. The Morgan fingerprint density at radius 2 is 1.71 bits per heavy atom. The highest BCUT2D eigenvalue weighted by atomic mass is 32.2. The van der Waals surface area contributed by atoms with Gasteiger partial charge in [-0.05, 0) is 23.8 Å².